The molecule has 19 heavy (non-hydrogen) atoms. The molecular formula is C13H15F4NO. The van der Waals surface area contributed by atoms with Crippen molar-refractivity contribution in [2.75, 3.05) is 5.32 Å². The molecule has 0 aliphatic heterocycles. The molecule has 1 saturated carbocycles. The smallest absolute Gasteiger partial charge is 0.393 e. The molecule has 2 nitrogen and oxygen atoms in total. The highest BCUT2D eigenvalue weighted by Crippen LogP contribution is 2.33. The molecular weight excluding hydrogens is 262 g/mol. The number of aliphatic hydroxyl groups is 1. The molecule has 0 unspecified atom stereocenters. The lowest BCUT2D eigenvalue weighted by molar-refractivity contribution is -0.139. The lowest BCUT2D eigenvalue weighted by Crippen LogP contribution is -2.28. The number of rotatable bonds is 2. The van der Waals surface area contributed by atoms with E-state index in [-0.39, 0.29) is 17.8 Å². The van der Waals surface area contributed by atoms with Gasteiger partial charge in [0, 0.05) is 11.7 Å². The van der Waals surface area contributed by atoms with Gasteiger partial charge in [0.05, 0.1) is 11.7 Å². The molecule has 0 spiro atoms. The number of hydrogen-bond acceptors (Lipinski definition) is 2. The molecule has 1 aliphatic carbocycles. The van der Waals surface area contributed by atoms with Crippen LogP contribution >= 0.6 is 0 Å². The van der Waals surface area contributed by atoms with Crippen LogP contribution < -0.4 is 5.32 Å². The van der Waals surface area contributed by atoms with Crippen molar-refractivity contribution in [2.45, 2.75) is 44.0 Å². The van der Waals surface area contributed by atoms with Crippen molar-refractivity contribution < 1.29 is 22.7 Å². The molecule has 6 heteroatoms. The number of halogens is 4. The summed E-state index contributed by atoms with van der Waals surface area (Å²) in [6, 6.07) is 2.94. The van der Waals surface area contributed by atoms with Crippen LogP contribution in [0.4, 0.5) is 23.2 Å². The number of anilines is 1. The Labute approximate surface area is 108 Å². The maximum absolute atomic E-state index is 13.1. The molecule has 1 aliphatic rings. The number of alkyl halides is 3. The number of benzene rings is 1. The highest BCUT2D eigenvalue weighted by molar-refractivity contribution is 5.47. The third-order valence-electron chi connectivity index (χ3n) is 3.34. The fraction of sp³-hybridized carbons (Fsp3) is 0.538. The summed E-state index contributed by atoms with van der Waals surface area (Å²) in [5.41, 5.74) is -0.997. The molecule has 2 rings (SSSR count). The summed E-state index contributed by atoms with van der Waals surface area (Å²) in [6.07, 6.45) is -2.36. The van der Waals surface area contributed by atoms with Gasteiger partial charge in [0.2, 0.25) is 0 Å². The van der Waals surface area contributed by atoms with Gasteiger partial charge in [-0.3, -0.25) is 0 Å². The van der Waals surface area contributed by atoms with E-state index < -0.39 is 17.6 Å². The van der Waals surface area contributed by atoms with Crippen molar-refractivity contribution in [3.05, 3.63) is 29.6 Å². The Kier molecular flexibility index (Phi) is 3.99. The molecule has 1 aromatic rings. The Morgan fingerprint density at radius 2 is 1.74 bits per heavy atom. The summed E-state index contributed by atoms with van der Waals surface area (Å²) in [5, 5.41) is 12.3. The van der Waals surface area contributed by atoms with Gasteiger partial charge in [0.1, 0.15) is 5.82 Å². The second-order valence-electron chi connectivity index (χ2n) is 4.84. The van der Waals surface area contributed by atoms with Crippen molar-refractivity contribution >= 4 is 5.69 Å². The lowest BCUT2D eigenvalue weighted by atomic mass is 9.93. The molecule has 0 saturated heterocycles. The minimum Gasteiger partial charge on any atom is -0.393 e. The first-order chi connectivity index (χ1) is 8.86. The zero-order chi connectivity index (χ0) is 14.0. The van der Waals surface area contributed by atoms with Crippen LogP contribution in [0.5, 0.6) is 0 Å². The van der Waals surface area contributed by atoms with Gasteiger partial charge in [-0.15, -0.1) is 0 Å². The van der Waals surface area contributed by atoms with Gasteiger partial charge in [-0.2, -0.15) is 13.2 Å². The summed E-state index contributed by atoms with van der Waals surface area (Å²) in [4.78, 5) is 0. The molecule has 0 bridgehead atoms. The molecule has 0 aromatic heterocycles. The van der Waals surface area contributed by atoms with E-state index >= 15 is 0 Å². The molecule has 0 amide bonds. The van der Waals surface area contributed by atoms with Gasteiger partial charge < -0.3 is 10.4 Å². The minimum atomic E-state index is -4.69. The van der Waals surface area contributed by atoms with Gasteiger partial charge in [-0.25, -0.2) is 4.39 Å². The molecule has 1 aromatic carbocycles. The van der Waals surface area contributed by atoms with E-state index in [1.165, 1.54) is 6.07 Å². The number of nitrogens with one attached hydrogen (secondary N) is 1. The predicted octanol–water partition coefficient (Wildman–Crippen LogP) is 3.56. The van der Waals surface area contributed by atoms with Crippen molar-refractivity contribution in [3.8, 4) is 0 Å². The van der Waals surface area contributed by atoms with Crippen molar-refractivity contribution in [2.24, 2.45) is 0 Å². The summed E-state index contributed by atoms with van der Waals surface area (Å²) in [6.45, 7) is 0. The lowest BCUT2D eigenvalue weighted by Gasteiger charge is -2.27. The van der Waals surface area contributed by atoms with Crippen LogP contribution in [0, 0.1) is 5.82 Å². The van der Waals surface area contributed by atoms with E-state index in [0.29, 0.717) is 25.7 Å². The van der Waals surface area contributed by atoms with Gasteiger partial charge in [0.25, 0.3) is 0 Å². The molecule has 0 atom stereocenters. The van der Waals surface area contributed by atoms with E-state index in [1.807, 2.05) is 0 Å². The monoisotopic (exact) mass is 277 g/mol. The quantitative estimate of drug-likeness (QED) is 0.810. The van der Waals surface area contributed by atoms with Crippen LogP contribution in [0.3, 0.4) is 0 Å². The number of hydrogen-bond donors (Lipinski definition) is 2. The van der Waals surface area contributed by atoms with Crippen molar-refractivity contribution in [1.29, 1.82) is 0 Å². The SMILES string of the molecule is OC1CCC(Nc2ccc(F)c(C(F)(F)F)c2)CC1. The summed E-state index contributed by atoms with van der Waals surface area (Å²) < 4.78 is 50.8. The topological polar surface area (TPSA) is 32.3 Å². The third-order valence-corrected chi connectivity index (χ3v) is 3.34. The van der Waals surface area contributed by atoms with Crippen LogP contribution in [0.25, 0.3) is 0 Å². The summed E-state index contributed by atoms with van der Waals surface area (Å²) in [5.74, 6) is -1.27. The molecule has 106 valence electrons. The van der Waals surface area contributed by atoms with E-state index in [0.717, 1.165) is 12.1 Å². The highest BCUT2D eigenvalue weighted by atomic mass is 19.4. The maximum atomic E-state index is 13.1. The zero-order valence-electron chi connectivity index (χ0n) is 10.2. The maximum Gasteiger partial charge on any atom is 0.419 e. The third kappa shape index (κ3) is 3.59. The predicted molar refractivity (Wildman–Crippen MR) is 63.3 cm³/mol. The van der Waals surface area contributed by atoms with E-state index in [1.54, 1.807) is 0 Å². The first-order valence-corrected chi connectivity index (χ1v) is 6.17. The largest absolute Gasteiger partial charge is 0.419 e. The minimum absolute atomic E-state index is 0.0231. The van der Waals surface area contributed by atoms with Crippen molar-refractivity contribution in [1.82, 2.24) is 0 Å². The Hall–Kier alpha value is -1.30. The van der Waals surface area contributed by atoms with E-state index in [9.17, 15) is 22.7 Å². The van der Waals surface area contributed by atoms with Gasteiger partial charge >= 0.3 is 6.18 Å². The molecule has 0 radical (unpaired) electrons. The Balaban J connectivity index is 2.09. The summed E-state index contributed by atoms with van der Waals surface area (Å²) in [7, 11) is 0. The van der Waals surface area contributed by atoms with E-state index in [2.05, 4.69) is 5.32 Å². The van der Waals surface area contributed by atoms with Gasteiger partial charge in [-0.1, -0.05) is 0 Å². The van der Waals surface area contributed by atoms with Crippen LogP contribution in [0.1, 0.15) is 31.2 Å². The van der Waals surface area contributed by atoms with Crippen LogP contribution in [0.2, 0.25) is 0 Å². The fourth-order valence-corrected chi connectivity index (χ4v) is 2.29. The van der Waals surface area contributed by atoms with Crippen LogP contribution in [0.15, 0.2) is 18.2 Å². The summed E-state index contributed by atoms with van der Waals surface area (Å²) >= 11 is 0. The number of aliphatic hydroxyl groups excluding tert-OH is 1. The standard InChI is InChI=1S/C13H15F4NO/c14-12-6-3-9(7-11(12)13(15,16)17)18-8-1-4-10(19)5-2-8/h3,6-8,10,18-19H,1-2,4-5H2. The zero-order valence-corrected chi connectivity index (χ0v) is 10.2. The highest BCUT2D eigenvalue weighted by Gasteiger charge is 2.34. The Morgan fingerprint density at radius 3 is 2.32 bits per heavy atom. The first kappa shape index (κ1) is 14.1. The van der Waals surface area contributed by atoms with Gasteiger partial charge in [0.15, 0.2) is 0 Å². The van der Waals surface area contributed by atoms with Crippen LogP contribution in [-0.2, 0) is 6.18 Å². The Bertz CT molecular complexity index is 439. The van der Waals surface area contributed by atoms with E-state index in [4.69, 9.17) is 0 Å². The second kappa shape index (κ2) is 5.36. The van der Waals surface area contributed by atoms with Gasteiger partial charge in [-0.05, 0) is 43.9 Å². The molecule has 1 fully saturated rings. The van der Waals surface area contributed by atoms with Crippen molar-refractivity contribution in [3.63, 3.8) is 0 Å². The normalized spacial score (nSPS) is 24.3. The van der Waals surface area contributed by atoms with Crippen LogP contribution in [-0.4, -0.2) is 17.3 Å². The molecule has 2 N–H and O–H groups in total. The fourth-order valence-electron chi connectivity index (χ4n) is 2.29. The average molecular weight is 277 g/mol. The Morgan fingerprint density at radius 1 is 1.11 bits per heavy atom. The average Bonchev–Trinajstić information content (AvgIpc) is 2.33. The first-order valence-electron chi connectivity index (χ1n) is 6.17. The molecule has 0 heterocycles. The second-order valence-corrected chi connectivity index (χ2v) is 4.84.